The average Bonchev–Trinajstić information content (AvgIpc) is 3.00. The maximum atomic E-state index is 12.8. The molecular weight excluding hydrogens is 372 g/mol. The topological polar surface area (TPSA) is 80.5 Å². The van der Waals surface area contributed by atoms with E-state index >= 15 is 0 Å². The van der Waals surface area contributed by atoms with Crippen molar-refractivity contribution in [1.29, 1.82) is 0 Å². The van der Waals surface area contributed by atoms with Gasteiger partial charge in [-0.15, -0.1) is 0 Å². The number of quaternary nitrogens is 1. The number of hydrogen-bond acceptors (Lipinski definition) is 5. The SMILES string of the molecule is CCOC(=O)N1CC[NH+](C[C@H]2C(=O)O[C@@H]3CC4=CCC[C@@H](C)[C@@]4(C)[C@@H](O)[C@@H]32)CC1. The third kappa shape index (κ3) is 3.46. The van der Waals surface area contributed by atoms with Crippen LogP contribution in [0.1, 0.15) is 40.0 Å². The van der Waals surface area contributed by atoms with E-state index in [0.29, 0.717) is 32.2 Å². The van der Waals surface area contributed by atoms with Crippen LogP contribution >= 0.6 is 0 Å². The van der Waals surface area contributed by atoms with E-state index in [1.165, 1.54) is 10.5 Å². The number of hydrogen-bond donors (Lipinski definition) is 2. The molecule has 0 aromatic heterocycles. The summed E-state index contributed by atoms with van der Waals surface area (Å²) in [7, 11) is 0. The van der Waals surface area contributed by atoms with Crippen molar-refractivity contribution < 1.29 is 29.1 Å². The van der Waals surface area contributed by atoms with Gasteiger partial charge in [0, 0.05) is 17.8 Å². The second-order valence-corrected chi connectivity index (χ2v) is 9.44. The molecule has 7 nitrogen and oxygen atoms in total. The monoisotopic (exact) mass is 407 g/mol. The Morgan fingerprint density at radius 3 is 2.83 bits per heavy atom. The van der Waals surface area contributed by atoms with E-state index in [-0.39, 0.29) is 35.4 Å². The number of esters is 1. The number of carbonyl (C=O) groups is 2. The van der Waals surface area contributed by atoms with E-state index in [0.717, 1.165) is 32.4 Å². The fraction of sp³-hybridized carbons (Fsp3) is 0.818. The molecular formula is C22H35N2O5+. The number of rotatable bonds is 3. The van der Waals surface area contributed by atoms with Crippen molar-refractivity contribution >= 4 is 12.1 Å². The van der Waals surface area contributed by atoms with Crippen molar-refractivity contribution in [1.82, 2.24) is 4.90 Å². The Labute approximate surface area is 173 Å². The molecule has 0 radical (unpaired) electrons. The van der Waals surface area contributed by atoms with Crippen molar-refractivity contribution in [3.63, 3.8) is 0 Å². The molecule has 0 aromatic rings. The molecule has 2 heterocycles. The van der Waals surface area contributed by atoms with Crippen LogP contribution in [-0.2, 0) is 14.3 Å². The highest BCUT2D eigenvalue weighted by atomic mass is 16.6. The van der Waals surface area contributed by atoms with Crippen LogP contribution in [0, 0.1) is 23.2 Å². The molecule has 3 fully saturated rings. The summed E-state index contributed by atoms with van der Waals surface area (Å²) in [6.45, 7) is 10.1. The Bertz CT molecular complexity index is 687. The number of amides is 1. The molecule has 2 saturated heterocycles. The maximum Gasteiger partial charge on any atom is 0.410 e. The minimum Gasteiger partial charge on any atom is -0.461 e. The molecule has 29 heavy (non-hydrogen) atoms. The molecule has 7 heteroatoms. The fourth-order valence-corrected chi connectivity index (χ4v) is 6.03. The highest BCUT2D eigenvalue weighted by Gasteiger charge is 2.60. The number of nitrogens with zero attached hydrogens (tertiary/aromatic N) is 1. The summed E-state index contributed by atoms with van der Waals surface area (Å²) in [6, 6.07) is 0. The van der Waals surface area contributed by atoms with E-state index in [9.17, 15) is 14.7 Å². The van der Waals surface area contributed by atoms with Gasteiger partial charge >= 0.3 is 12.1 Å². The molecule has 1 saturated carbocycles. The first-order chi connectivity index (χ1) is 13.9. The summed E-state index contributed by atoms with van der Waals surface area (Å²) in [5.41, 5.74) is 1.01. The number of carbonyl (C=O) groups excluding carboxylic acids is 2. The molecule has 0 bridgehead atoms. The Morgan fingerprint density at radius 1 is 1.41 bits per heavy atom. The minimum atomic E-state index is -0.556. The standard InChI is InChI=1S/C22H34N2O5/c1-4-28-21(27)24-10-8-23(9-11-24)13-16-18-17(29-20(16)26)12-15-7-5-6-14(2)22(15,3)19(18)25/h7,14,16-19,25H,4-6,8-13H2,1-3H3/p+1/t14-,16-,17-,18-,19+,22-/m1/s1. The Hall–Kier alpha value is -1.60. The first-order valence-corrected chi connectivity index (χ1v) is 11.2. The number of aliphatic hydroxyl groups is 1. The first-order valence-electron chi connectivity index (χ1n) is 11.2. The van der Waals surface area contributed by atoms with Crippen LogP contribution in [0.5, 0.6) is 0 Å². The molecule has 2 aliphatic heterocycles. The molecule has 2 N–H and O–H groups in total. The molecule has 0 spiro atoms. The van der Waals surface area contributed by atoms with Crippen molar-refractivity contribution in [2.24, 2.45) is 23.2 Å². The molecule has 2 aliphatic carbocycles. The Kier molecular flexibility index (Phi) is 5.64. The summed E-state index contributed by atoms with van der Waals surface area (Å²) < 4.78 is 10.9. The number of piperazine rings is 1. The predicted molar refractivity (Wildman–Crippen MR) is 106 cm³/mol. The van der Waals surface area contributed by atoms with Crippen LogP contribution in [0.15, 0.2) is 11.6 Å². The zero-order valence-corrected chi connectivity index (χ0v) is 17.9. The number of fused-ring (bicyclic) bond motifs is 2. The molecule has 1 amide bonds. The normalized spacial score (nSPS) is 40.0. The maximum absolute atomic E-state index is 12.8. The van der Waals surface area contributed by atoms with Gasteiger partial charge in [0.2, 0.25) is 0 Å². The Morgan fingerprint density at radius 2 is 2.14 bits per heavy atom. The molecule has 0 unspecified atom stereocenters. The number of aliphatic hydroxyl groups excluding tert-OH is 1. The van der Waals surface area contributed by atoms with Crippen LogP contribution < -0.4 is 4.90 Å². The van der Waals surface area contributed by atoms with Gasteiger partial charge < -0.3 is 19.5 Å². The Balaban J connectivity index is 1.44. The van der Waals surface area contributed by atoms with Crippen molar-refractivity contribution in [2.45, 2.75) is 52.2 Å². The molecule has 6 atom stereocenters. The highest BCUT2D eigenvalue weighted by Crippen LogP contribution is 2.55. The molecule has 0 aromatic carbocycles. The highest BCUT2D eigenvalue weighted by molar-refractivity contribution is 5.76. The van der Waals surface area contributed by atoms with E-state index < -0.39 is 6.10 Å². The van der Waals surface area contributed by atoms with Gasteiger partial charge in [0.25, 0.3) is 0 Å². The van der Waals surface area contributed by atoms with Crippen LogP contribution in [0.4, 0.5) is 4.79 Å². The van der Waals surface area contributed by atoms with Gasteiger partial charge in [-0.25, -0.2) is 4.79 Å². The summed E-state index contributed by atoms with van der Waals surface area (Å²) in [6.07, 6.45) is 4.13. The number of ether oxygens (including phenoxy) is 2. The molecule has 162 valence electrons. The van der Waals surface area contributed by atoms with Gasteiger partial charge in [0.15, 0.2) is 0 Å². The third-order valence-electron chi connectivity index (χ3n) is 8.08. The van der Waals surface area contributed by atoms with Crippen molar-refractivity contribution in [3.8, 4) is 0 Å². The summed E-state index contributed by atoms with van der Waals surface area (Å²) in [5, 5.41) is 11.4. The smallest absolute Gasteiger partial charge is 0.410 e. The zero-order valence-electron chi connectivity index (χ0n) is 17.9. The second-order valence-electron chi connectivity index (χ2n) is 9.44. The number of allylic oxidation sites excluding steroid dienone is 1. The summed E-state index contributed by atoms with van der Waals surface area (Å²) in [4.78, 5) is 27.7. The van der Waals surface area contributed by atoms with Crippen molar-refractivity contribution in [2.75, 3.05) is 39.3 Å². The molecule has 4 aliphatic rings. The van der Waals surface area contributed by atoms with Gasteiger partial charge in [-0.3, -0.25) is 9.69 Å². The lowest BCUT2D eigenvalue weighted by Crippen LogP contribution is -3.15. The predicted octanol–water partition coefficient (Wildman–Crippen LogP) is 0.628. The van der Waals surface area contributed by atoms with E-state index in [2.05, 4.69) is 19.9 Å². The average molecular weight is 408 g/mol. The van der Waals surface area contributed by atoms with Gasteiger partial charge in [0.05, 0.1) is 45.4 Å². The van der Waals surface area contributed by atoms with Gasteiger partial charge in [-0.2, -0.15) is 0 Å². The van der Waals surface area contributed by atoms with Crippen LogP contribution in [-0.4, -0.2) is 73.6 Å². The van der Waals surface area contributed by atoms with Gasteiger partial charge in [0.1, 0.15) is 12.0 Å². The zero-order chi connectivity index (χ0) is 20.8. The number of nitrogens with one attached hydrogen (secondary N) is 1. The lowest BCUT2D eigenvalue weighted by atomic mass is 9.55. The fourth-order valence-electron chi connectivity index (χ4n) is 6.03. The third-order valence-corrected chi connectivity index (χ3v) is 8.08. The largest absolute Gasteiger partial charge is 0.461 e. The van der Waals surface area contributed by atoms with E-state index in [4.69, 9.17) is 9.47 Å². The lowest BCUT2D eigenvalue weighted by Gasteiger charge is -2.51. The van der Waals surface area contributed by atoms with Crippen LogP contribution in [0.3, 0.4) is 0 Å². The van der Waals surface area contributed by atoms with Crippen LogP contribution in [0.25, 0.3) is 0 Å². The minimum absolute atomic E-state index is 0.138. The quantitative estimate of drug-likeness (QED) is 0.530. The second kappa shape index (κ2) is 7.91. The van der Waals surface area contributed by atoms with E-state index in [1.54, 1.807) is 4.90 Å². The van der Waals surface area contributed by atoms with Crippen LogP contribution in [0.2, 0.25) is 0 Å². The van der Waals surface area contributed by atoms with Crippen molar-refractivity contribution in [3.05, 3.63) is 11.6 Å². The van der Waals surface area contributed by atoms with E-state index in [1.807, 2.05) is 6.92 Å². The lowest BCUT2D eigenvalue weighted by molar-refractivity contribution is -0.906. The molecule has 4 rings (SSSR count). The summed E-state index contributed by atoms with van der Waals surface area (Å²) >= 11 is 0. The first kappa shape index (κ1) is 20.7. The summed E-state index contributed by atoms with van der Waals surface area (Å²) in [5.74, 6) is -0.169. The van der Waals surface area contributed by atoms with Gasteiger partial charge in [-0.1, -0.05) is 25.5 Å². The van der Waals surface area contributed by atoms with Gasteiger partial charge in [-0.05, 0) is 25.7 Å².